The van der Waals surface area contributed by atoms with Gasteiger partial charge in [-0.25, -0.2) is 4.68 Å². The van der Waals surface area contributed by atoms with E-state index in [9.17, 15) is 0 Å². The molecule has 26 heavy (non-hydrogen) atoms. The van der Waals surface area contributed by atoms with Gasteiger partial charge < -0.3 is 4.90 Å². The number of piperidine rings is 1. The van der Waals surface area contributed by atoms with Crippen molar-refractivity contribution >= 4 is 5.69 Å². The highest BCUT2D eigenvalue weighted by atomic mass is 15.6. The van der Waals surface area contributed by atoms with Gasteiger partial charge in [0.2, 0.25) is 0 Å². The first-order valence-electron chi connectivity index (χ1n) is 9.57. The summed E-state index contributed by atoms with van der Waals surface area (Å²) < 4.78 is 1.98. The second-order valence-corrected chi connectivity index (χ2v) is 8.73. The van der Waals surface area contributed by atoms with Crippen molar-refractivity contribution in [3.8, 4) is 0 Å². The molecule has 0 N–H and O–H groups in total. The van der Waals surface area contributed by atoms with Crippen LogP contribution in [0.1, 0.15) is 58.0 Å². The van der Waals surface area contributed by atoms with Gasteiger partial charge in [0.25, 0.3) is 0 Å². The normalized spacial score (nSPS) is 18.1. The SMILES string of the molecule is CC1CCN([C@H](c2ccc(N(C)C)cc2)c2nnnn2C(C)(C)C)CC1. The third-order valence-corrected chi connectivity index (χ3v) is 5.28. The minimum absolute atomic E-state index is 0.0907. The summed E-state index contributed by atoms with van der Waals surface area (Å²) in [7, 11) is 4.14. The van der Waals surface area contributed by atoms with E-state index in [4.69, 9.17) is 0 Å². The summed E-state index contributed by atoms with van der Waals surface area (Å²) in [4.78, 5) is 4.67. The number of rotatable bonds is 4. The topological polar surface area (TPSA) is 50.1 Å². The van der Waals surface area contributed by atoms with E-state index in [1.54, 1.807) is 0 Å². The smallest absolute Gasteiger partial charge is 0.173 e. The van der Waals surface area contributed by atoms with Gasteiger partial charge in [-0.3, -0.25) is 4.90 Å². The zero-order valence-corrected chi connectivity index (χ0v) is 17.0. The number of hydrogen-bond acceptors (Lipinski definition) is 5. The lowest BCUT2D eigenvalue weighted by atomic mass is 9.95. The Morgan fingerprint density at radius 3 is 2.23 bits per heavy atom. The third kappa shape index (κ3) is 3.90. The van der Waals surface area contributed by atoms with E-state index in [-0.39, 0.29) is 11.6 Å². The van der Waals surface area contributed by atoms with E-state index in [2.05, 4.69) is 91.4 Å². The molecule has 0 radical (unpaired) electrons. The average molecular weight is 357 g/mol. The summed E-state index contributed by atoms with van der Waals surface area (Å²) in [5.74, 6) is 1.73. The molecule has 0 aliphatic carbocycles. The lowest BCUT2D eigenvalue weighted by Gasteiger charge is -2.37. The van der Waals surface area contributed by atoms with Gasteiger partial charge in [-0.1, -0.05) is 19.1 Å². The number of nitrogens with zero attached hydrogens (tertiary/aromatic N) is 6. The minimum Gasteiger partial charge on any atom is -0.378 e. The van der Waals surface area contributed by atoms with Crippen molar-refractivity contribution in [3.05, 3.63) is 35.7 Å². The lowest BCUT2D eigenvalue weighted by molar-refractivity contribution is 0.145. The van der Waals surface area contributed by atoms with Crippen LogP contribution >= 0.6 is 0 Å². The highest BCUT2D eigenvalue weighted by Crippen LogP contribution is 2.33. The molecule has 1 aromatic heterocycles. The van der Waals surface area contributed by atoms with Crippen molar-refractivity contribution in [2.24, 2.45) is 5.92 Å². The third-order valence-electron chi connectivity index (χ3n) is 5.28. The molecule has 1 saturated heterocycles. The molecule has 2 heterocycles. The van der Waals surface area contributed by atoms with Crippen molar-refractivity contribution in [2.45, 2.75) is 52.1 Å². The number of hydrogen-bond donors (Lipinski definition) is 0. The maximum Gasteiger partial charge on any atom is 0.173 e. The Morgan fingerprint density at radius 2 is 1.69 bits per heavy atom. The molecule has 6 heteroatoms. The van der Waals surface area contributed by atoms with E-state index in [1.807, 2.05) is 4.68 Å². The van der Waals surface area contributed by atoms with Gasteiger partial charge >= 0.3 is 0 Å². The molecule has 6 nitrogen and oxygen atoms in total. The van der Waals surface area contributed by atoms with Gasteiger partial charge in [0.15, 0.2) is 5.82 Å². The number of anilines is 1. The zero-order valence-electron chi connectivity index (χ0n) is 17.0. The van der Waals surface area contributed by atoms with Gasteiger partial charge in [0.05, 0.1) is 11.6 Å². The Kier molecular flexibility index (Phi) is 5.32. The fourth-order valence-corrected chi connectivity index (χ4v) is 3.61. The number of aromatic nitrogens is 4. The molecule has 0 bridgehead atoms. The van der Waals surface area contributed by atoms with Crippen LogP contribution in [0, 0.1) is 5.92 Å². The van der Waals surface area contributed by atoms with Crippen molar-refractivity contribution in [1.82, 2.24) is 25.1 Å². The summed E-state index contributed by atoms with van der Waals surface area (Å²) in [5, 5.41) is 12.8. The zero-order chi connectivity index (χ0) is 18.9. The second-order valence-electron chi connectivity index (χ2n) is 8.73. The molecule has 3 rings (SSSR count). The average Bonchev–Trinajstić information content (AvgIpc) is 3.07. The monoisotopic (exact) mass is 356 g/mol. The van der Waals surface area contributed by atoms with Crippen molar-refractivity contribution in [3.63, 3.8) is 0 Å². The number of tetrazole rings is 1. The van der Waals surface area contributed by atoms with Gasteiger partial charge in [0, 0.05) is 19.8 Å². The summed E-state index contributed by atoms with van der Waals surface area (Å²) >= 11 is 0. The van der Waals surface area contributed by atoms with Crippen LogP contribution in [0.4, 0.5) is 5.69 Å². The van der Waals surface area contributed by atoms with Gasteiger partial charge in [-0.2, -0.15) is 0 Å². The number of likely N-dealkylation sites (tertiary alicyclic amines) is 1. The highest BCUT2D eigenvalue weighted by molar-refractivity contribution is 5.47. The van der Waals surface area contributed by atoms with Crippen LogP contribution in [0.15, 0.2) is 24.3 Å². The standard InChI is InChI=1S/C20H32N6/c1-15-11-13-25(14-12-15)18(16-7-9-17(10-8-16)24(5)6)19-21-22-23-26(19)20(2,3)4/h7-10,15,18H,11-14H2,1-6H3/t18-/m1/s1. The molecular formula is C20H32N6. The molecule has 1 fully saturated rings. The fourth-order valence-electron chi connectivity index (χ4n) is 3.61. The Labute approximate surface area is 157 Å². The lowest BCUT2D eigenvalue weighted by Crippen LogP contribution is -2.39. The van der Waals surface area contributed by atoms with Crippen LogP contribution in [0.2, 0.25) is 0 Å². The first-order chi connectivity index (χ1) is 12.3. The largest absolute Gasteiger partial charge is 0.378 e. The van der Waals surface area contributed by atoms with E-state index >= 15 is 0 Å². The molecule has 1 aromatic carbocycles. The summed E-state index contributed by atoms with van der Waals surface area (Å²) in [6, 6.07) is 8.90. The Morgan fingerprint density at radius 1 is 1.08 bits per heavy atom. The Hall–Kier alpha value is -1.95. The van der Waals surface area contributed by atoms with Gasteiger partial charge in [-0.05, 0) is 80.7 Å². The minimum atomic E-state index is -0.149. The Balaban J connectivity index is 2.01. The first-order valence-corrected chi connectivity index (χ1v) is 9.57. The molecule has 0 amide bonds. The van der Waals surface area contributed by atoms with Crippen LogP contribution < -0.4 is 4.90 Å². The van der Waals surface area contributed by atoms with E-state index in [0.717, 1.165) is 24.8 Å². The van der Waals surface area contributed by atoms with Crippen LogP contribution in [0.3, 0.4) is 0 Å². The molecule has 1 atom stereocenters. The van der Waals surface area contributed by atoms with E-state index in [1.165, 1.54) is 24.1 Å². The molecule has 0 spiro atoms. The molecule has 142 valence electrons. The number of benzene rings is 1. The second kappa shape index (κ2) is 7.35. The van der Waals surface area contributed by atoms with Gasteiger partial charge in [-0.15, -0.1) is 5.10 Å². The van der Waals surface area contributed by atoms with Crippen LogP contribution in [-0.4, -0.2) is 52.3 Å². The Bertz CT molecular complexity index is 705. The summed E-state index contributed by atoms with van der Waals surface area (Å²) in [6.07, 6.45) is 2.45. The van der Waals surface area contributed by atoms with Crippen molar-refractivity contribution < 1.29 is 0 Å². The molecule has 0 unspecified atom stereocenters. The molecule has 1 aliphatic heterocycles. The van der Waals surface area contributed by atoms with Gasteiger partial charge in [0.1, 0.15) is 0 Å². The molecule has 1 aliphatic rings. The van der Waals surface area contributed by atoms with Crippen molar-refractivity contribution in [1.29, 1.82) is 0 Å². The maximum atomic E-state index is 4.46. The fraction of sp³-hybridized carbons (Fsp3) is 0.650. The summed E-state index contributed by atoms with van der Waals surface area (Å²) in [5.41, 5.74) is 2.31. The molecule has 0 saturated carbocycles. The highest BCUT2D eigenvalue weighted by Gasteiger charge is 2.32. The summed E-state index contributed by atoms with van der Waals surface area (Å²) in [6.45, 7) is 11.0. The predicted molar refractivity (Wildman–Crippen MR) is 105 cm³/mol. The quantitative estimate of drug-likeness (QED) is 0.841. The first kappa shape index (κ1) is 18.8. The van der Waals surface area contributed by atoms with E-state index in [0.29, 0.717) is 0 Å². The molecule has 2 aromatic rings. The van der Waals surface area contributed by atoms with Crippen molar-refractivity contribution in [2.75, 3.05) is 32.1 Å². The maximum absolute atomic E-state index is 4.46. The molecular weight excluding hydrogens is 324 g/mol. The van der Waals surface area contributed by atoms with Crippen LogP contribution in [-0.2, 0) is 5.54 Å². The predicted octanol–water partition coefficient (Wildman–Crippen LogP) is 3.32. The van der Waals surface area contributed by atoms with Crippen LogP contribution in [0.5, 0.6) is 0 Å². The van der Waals surface area contributed by atoms with E-state index < -0.39 is 0 Å². The van der Waals surface area contributed by atoms with Crippen LogP contribution in [0.25, 0.3) is 0 Å².